The van der Waals surface area contributed by atoms with Crippen molar-refractivity contribution in [2.75, 3.05) is 19.8 Å². The van der Waals surface area contributed by atoms with Crippen molar-refractivity contribution in [1.82, 2.24) is 0 Å². The van der Waals surface area contributed by atoms with Crippen molar-refractivity contribution in [3.63, 3.8) is 0 Å². The molecule has 0 aliphatic heterocycles. The van der Waals surface area contributed by atoms with E-state index in [1.54, 1.807) is 13.8 Å². The second-order valence-corrected chi connectivity index (χ2v) is 1.78. The van der Waals surface area contributed by atoms with E-state index in [4.69, 9.17) is 5.11 Å². The fourth-order valence-electron chi connectivity index (χ4n) is 0.498. The highest BCUT2D eigenvalue weighted by Crippen LogP contribution is 2.02. The topological polar surface area (TPSA) is 58.6 Å². The van der Waals surface area contributed by atoms with E-state index in [9.17, 15) is 5.11 Å². The lowest BCUT2D eigenvalue weighted by Crippen LogP contribution is -2.35. The lowest BCUT2D eigenvalue weighted by atomic mass is 10.6. The van der Waals surface area contributed by atoms with E-state index in [-0.39, 0.29) is 13.2 Å². The highest BCUT2D eigenvalue weighted by molar-refractivity contribution is 4.45. The molecule has 1 N–H and O–H groups in total. The van der Waals surface area contributed by atoms with Gasteiger partial charge in [0.25, 0.3) is 0 Å². The van der Waals surface area contributed by atoms with Crippen LogP contribution in [0.3, 0.4) is 0 Å². The van der Waals surface area contributed by atoms with Crippen molar-refractivity contribution in [2.24, 2.45) is 0 Å². The Balaban J connectivity index is 3.42. The number of hydrogen-bond acceptors (Lipinski definition) is 3. The normalized spacial score (nSPS) is 12.0. The average molecular weight is 149 g/mol. The molecule has 1 unspecified atom stereocenters. The Hall–Kier alpha value is -0.160. The fraction of sp³-hybridized carbons (Fsp3) is 1.00. The molecular weight excluding hydrogens is 136 g/mol. The van der Waals surface area contributed by atoms with Crippen molar-refractivity contribution in [1.29, 1.82) is 0 Å². The maximum atomic E-state index is 10.7. The van der Waals surface area contributed by atoms with E-state index in [0.29, 0.717) is 6.61 Å². The van der Waals surface area contributed by atoms with Crippen LogP contribution in [0.15, 0.2) is 0 Å². The quantitative estimate of drug-likeness (QED) is 0.565. The summed E-state index contributed by atoms with van der Waals surface area (Å²) >= 11 is 0. The first-order valence-electron chi connectivity index (χ1n) is 3.27. The summed E-state index contributed by atoms with van der Waals surface area (Å²) in [6.07, 6.45) is 0. The van der Waals surface area contributed by atoms with Crippen LogP contribution in [-0.4, -0.2) is 30.9 Å². The Labute approximate surface area is 60.4 Å². The van der Waals surface area contributed by atoms with Gasteiger partial charge in [-0.25, -0.2) is 0 Å². The van der Waals surface area contributed by atoms with Gasteiger partial charge < -0.3 is 14.6 Å². The molecule has 0 amide bonds. The van der Waals surface area contributed by atoms with Crippen LogP contribution >= 0.6 is 0 Å². The Morgan fingerprint density at radius 1 is 1.40 bits per heavy atom. The third kappa shape index (κ3) is 4.69. The molecule has 0 aromatic carbocycles. The molecule has 0 heterocycles. The van der Waals surface area contributed by atoms with Crippen molar-refractivity contribution in [3.8, 4) is 0 Å². The molecule has 4 heteroatoms. The first-order chi connectivity index (χ1) is 4.62. The fourth-order valence-corrected chi connectivity index (χ4v) is 0.498. The average Bonchev–Trinajstić information content (AvgIpc) is 1.84. The Morgan fingerprint density at radius 2 is 2.00 bits per heavy atom. The molecule has 4 nitrogen and oxygen atoms in total. The summed E-state index contributed by atoms with van der Waals surface area (Å²) in [7, 11) is 0. The molecule has 0 aromatic rings. The summed E-state index contributed by atoms with van der Waals surface area (Å²) < 4.78 is 9.07. The molecule has 0 rings (SSSR count). The third-order valence-corrected chi connectivity index (χ3v) is 0.858. The third-order valence-electron chi connectivity index (χ3n) is 0.858. The van der Waals surface area contributed by atoms with E-state index >= 15 is 0 Å². The SMILES string of the molecule is CCOCC([O])(O)OCC. The maximum absolute atomic E-state index is 10.7. The van der Waals surface area contributed by atoms with Crippen molar-refractivity contribution < 1.29 is 19.7 Å². The number of ether oxygens (including phenoxy) is 2. The summed E-state index contributed by atoms with van der Waals surface area (Å²) in [4.78, 5) is 0. The van der Waals surface area contributed by atoms with Gasteiger partial charge in [0.15, 0.2) is 0 Å². The molecular formula is C6H13O4. The molecule has 0 saturated carbocycles. The smallest absolute Gasteiger partial charge is 0.333 e. The van der Waals surface area contributed by atoms with Crippen molar-refractivity contribution in [2.45, 2.75) is 19.8 Å². The lowest BCUT2D eigenvalue weighted by Gasteiger charge is -2.17. The standard InChI is InChI=1S/C6H13O4/c1-3-9-5-6(7,8)10-4-2/h7H,3-5H2,1-2H3. The largest absolute Gasteiger partial charge is 0.373 e. The van der Waals surface area contributed by atoms with Crippen LogP contribution in [0.2, 0.25) is 0 Å². The maximum Gasteiger partial charge on any atom is 0.333 e. The zero-order chi connectivity index (χ0) is 8.04. The molecule has 0 aliphatic carbocycles. The predicted molar refractivity (Wildman–Crippen MR) is 33.8 cm³/mol. The van der Waals surface area contributed by atoms with Crippen LogP contribution in [-0.2, 0) is 14.6 Å². The van der Waals surface area contributed by atoms with Crippen LogP contribution in [0.1, 0.15) is 13.8 Å². The first-order valence-corrected chi connectivity index (χ1v) is 3.27. The minimum atomic E-state index is -2.37. The number of aliphatic hydroxyl groups is 1. The molecule has 0 saturated heterocycles. The Kier molecular flexibility index (Phi) is 4.55. The van der Waals surface area contributed by atoms with Crippen LogP contribution in [0.5, 0.6) is 0 Å². The summed E-state index contributed by atoms with van der Waals surface area (Å²) in [5.74, 6) is -2.37. The van der Waals surface area contributed by atoms with Crippen molar-refractivity contribution >= 4 is 0 Å². The second-order valence-electron chi connectivity index (χ2n) is 1.78. The minimum absolute atomic E-state index is 0.188. The highest BCUT2D eigenvalue weighted by atomic mass is 16.8. The van der Waals surface area contributed by atoms with Crippen LogP contribution in [0.4, 0.5) is 0 Å². The zero-order valence-corrected chi connectivity index (χ0v) is 6.29. The van der Waals surface area contributed by atoms with Gasteiger partial charge >= 0.3 is 5.97 Å². The number of hydrogen-bond donors (Lipinski definition) is 1. The predicted octanol–water partition coefficient (Wildman–Crippen LogP) is 0.136. The minimum Gasteiger partial charge on any atom is -0.373 e. The van der Waals surface area contributed by atoms with Crippen LogP contribution in [0, 0.1) is 0 Å². The monoisotopic (exact) mass is 149 g/mol. The first kappa shape index (κ1) is 9.84. The summed E-state index contributed by atoms with van der Waals surface area (Å²) in [6, 6.07) is 0. The molecule has 1 atom stereocenters. The van der Waals surface area contributed by atoms with Crippen LogP contribution < -0.4 is 0 Å². The molecule has 0 aromatic heterocycles. The van der Waals surface area contributed by atoms with E-state index in [2.05, 4.69) is 9.47 Å². The molecule has 0 spiro atoms. The summed E-state index contributed by atoms with van der Waals surface area (Å²) in [6.45, 7) is 3.64. The van der Waals surface area contributed by atoms with Crippen molar-refractivity contribution in [3.05, 3.63) is 0 Å². The van der Waals surface area contributed by atoms with Gasteiger partial charge in [-0.3, -0.25) is 0 Å². The molecule has 0 fully saturated rings. The van der Waals surface area contributed by atoms with E-state index < -0.39 is 5.97 Å². The molecule has 10 heavy (non-hydrogen) atoms. The summed E-state index contributed by atoms with van der Waals surface area (Å²) in [5, 5.41) is 19.4. The van der Waals surface area contributed by atoms with E-state index in [0.717, 1.165) is 0 Å². The van der Waals surface area contributed by atoms with Gasteiger partial charge in [-0.2, -0.15) is 5.11 Å². The lowest BCUT2D eigenvalue weighted by molar-refractivity contribution is -0.381. The molecule has 61 valence electrons. The van der Waals surface area contributed by atoms with E-state index in [1.807, 2.05) is 0 Å². The van der Waals surface area contributed by atoms with E-state index in [1.165, 1.54) is 0 Å². The molecule has 0 bridgehead atoms. The van der Waals surface area contributed by atoms with Gasteiger partial charge in [0.2, 0.25) is 0 Å². The summed E-state index contributed by atoms with van der Waals surface area (Å²) in [5.41, 5.74) is 0. The molecule has 1 radical (unpaired) electrons. The Bertz CT molecular complexity index is 81.8. The second kappa shape index (κ2) is 4.62. The van der Waals surface area contributed by atoms with Gasteiger partial charge in [-0.1, -0.05) is 0 Å². The van der Waals surface area contributed by atoms with Crippen LogP contribution in [0.25, 0.3) is 0 Å². The van der Waals surface area contributed by atoms with Gasteiger partial charge in [0.05, 0.1) is 0 Å². The number of rotatable bonds is 5. The molecule has 0 aliphatic rings. The highest BCUT2D eigenvalue weighted by Gasteiger charge is 2.25. The van der Waals surface area contributed by atoms with Gasteiger partial charge in [-0.15, -0.1) is 0 Å². The van der Waals surface area contributed by atoms with Gasteiger partial charge in [0, 0.05) is 13.2 Å². The van der Waals surface area contributed by atoms with Gasteiger partial charge in [0.1, 0.15) is 6.61 Å². The van der Waals surface area contributed by atoms with Gasteiger partial charge in [-0.05, 0) is 13.8 Å². The zero-order valence-electron chi connectivity index (χ0n) is 6.29. The Morgan fingerprint density at radius 3 is 2.40 bits per heavy atom.